The van der Waals surface area contributed by atoms with E-state index < -0.39 is 5.72 Å². The van der Waals surface area contributed by atoms with Gasteiger partial charge in [0.2, 0.25) is 0 Å². The topological polar surface area (TPSA) is 52.3 Å². The maximum atomic E-state index is 10.8. The molecule has 0 bridgehead atoms. The summed E-state index contributed by atoms with van der Waals surface area (Å²) in [6, 6.07) is 7.52. The highest BCUT2D eigenvalue weighted by Gasteiger charge is 2.39. The summed E-state index contributed by atoms with van der Waals surface area (Å²) >= 11 is 0. The van der Waals surface area contributed by atoms with Gasteiger partial charge in [0.15, 0.2) is 12.0 Å². The molecule has 0 aliphatic carbocycles. The van der Waals surface area contributed by atoms with Gasteiger partial charge in [0.25, 0.3) is 0 Å². The smallest absolute Gasteiger partial charge is 0.200 e. The number of nitrogens with two attached hydrogens (primary N) is 1. The summed E-state index contributed by atoms with van der Waals surface area (Å²) in [5.74, 6) is 0. The third kappa shape index (κ3) is 1.08. The lowest BCUT2D eigenvalue weighted by atomic mass is 10.00. The molecule has 0 amide bonds. The lowest BCUT2D eigenvalue weighted by molar-refractivity contribution is -0.134. The Morgan fingerprint density at radius 1 is 1.54 bits per heavy atom. The molecule has 2 N–H and O–H groups in total. The van der Waals surface area contributed by atoms with Gasteiger partial charge >= 0.3 is 0 Å². The predicted octanol–water partition coefficient (Wildman–Crippen LogP) is 1.09. The van der Waals surface area contributed by atoms with Crippen LogP contribution < -0.4 is 5.73 Å². The Bertz CT molecular complexity index is 351. The first-order valence-corrected chi connectivity index (χ1v) is 4.20. The van der Waals surface area contributed by atoms with Gasteiger partial charge in [-0.05, 0) is 12.5 Å². The van der Waals surface area contributed by atoms with E-state index in [-0.39, 0.29) is 6.10 Å². The molecule has 13 heavy (non-hydrogen) atoms. The van der Waals surface area contributed by atoms with Crippen LogP contribution in [0.4, 0.5) is 0 Å². The summed E-state index contributed by atoms with van der Waals surface area (Å²) < 4.78 is 5.38. The van der Waals surface area contributed by atoms with E-state index in [9.17, 15) is 4.79 Å². The van der Waals surface area contributed by atoms with Crippen molar-refractivity contribution >= 4 is 6.29 Å². The molecular weight excluding hydrogens is 166 g/mol. The van der Waals surface area contributed by atoms with Crippen LogP contribution in [0.5, 0.6) is 0 Å². The van der Waals surface area contributed by atoms with Gasteiger partial charge in [0.05, 0.1) is 6.10 Å². The average molecular weight is 177 g/mol. The second-order valence-electron chi connectivity index (χ2n) is 3.26. The van der Waals surface area contributed by atoms with Crippen molar-refractivity contribution in [3.05, 3.63) is 35.4 Å². The average Bonchev–Trinajstić information content (AvgIpc) is 2.42. The number of fused-ring (bicyclic) bond motifs is 1. The van der Waals surface area contributed by atoms with Crippen molar-refractivity contribution in [2.75, 3.05) is 0 Å². The second kappa shape index (κ2) is 2.65. The fraction of sp³-hybridized carbons (Fsp3) is 0.300. The van der Waals surface area contributed by atoms with Crippen molar-refractivity contribution in [1.29, 1.82) is 0 Å². The molecule has 2 unspecified atom stereocenters. The summed E-state index contributed by atoms with van der Waals surface area (Å²) in [6.45, 7) is 1.89. The highest BCUT2D eigenvalue weighted by molar-refractivity contribution is 5.68. The van der Waals surface area contributed by atoms with Gasteiger partial charge in [0, 0.05) is 5.56 Å². The van der Waals surface area contributed by atoms with Crippen molar-refractivity contribution in [1.82, 2.24) is 0 Å². The van der Waals surface area contributed by atoms with Gasteiger partial charge in [-0.25, -0.2) is 0 Å². The molecule has 1 heterocycles. The summed E-state index contributed by atoms with van der Waals surface area (Å²) in [5.41, 5.74) is 6.30. The summed E-state index contributed by atoms with van der Waals surface area (Å²) in [4.78, 5) is 10.8. The van der Waals surface area contributed by atoms with Crippen LogP contribution in [-0.2, 0) is 15.3 Å². The molecule has 0 saturated heterocycles. The van der Waals surface area contributed by atoms with Crippen LogP contribution in [0.1, 0.15) is 24.2 Å². The number of aldehydes is 1. The maximum Gasteiger partial charge on any atom is 0.200 e. The molecule has 2 atom stereocenters. The monoisotopic (exact) mass is 177 g/mol. The fourth-order valence-electron chi connectivity index (χ4n) is 1.72. The van der Waals surface area contributed by atoms with Crippen LogP contribution in [0.3, 0.4) is 0 Å². The van der Waals surface area contributed by atoms with E-state index in [4.69, 9.17) is 10.5 Å². The van der Waals surface area contributed by atoms with Crippen LogP contribution in [0.25, 0.3) is 0 Å². The molecule has 0 aromatic heterocycles. The molecule has 0 saturated carbocycles. The van der Waals surface area contributed by atoms with Crippen LogP contribution in [0.15, 0.2) is 24.3 Å². The van der Waals surface area contributed by atoms with Gasteiger partial charge < -0.3 is 4.74 Å². The standard InChI is InChI=1S/C10H11NO2/c1-7-8-4-2-3-5-9(8)10(11,6-12)13-7/h2-7H,11H2,1H3. The molecular formula is C10H11NO2. The SMILES string of the molecule is CC1OC(N)(C=O)c2ccccc21. The number of hydrogen-bond acceptors (Lipinski definition) is 3. The van der Waals surface area contributed by atoms with Crippen LogP contribution in [-0.4, -0.2) is 6.29 Å². The Kier molecular flexibility index (Phi) is 1.71. The first kappa shape index (κ1) is 8.41. The number of hydrogen-bond donors (Lipinski definition) is 1. The third-order valence-electron chi connectivity index (χ3n) is 2.37. The molecule has 0 spiro atoms. The van der Waals surface area contributed by atoms with E-state index in [1.807, 2.05) is 31.2 Å². The highest BCUT2D eigenvalue weighted by Crippen LogP contribution is 2.38. The van der Waals surface area contributed by atoms with Gasteiger partial charge in [-0.2, -0.15) is 0 Å². The minimum atomic E-state index is -1.24. The minimum absolute atomic E-state index is 0.105. The first-order valence-electron chi connectivity index (χ1n) is 4.20. The molecule has 1 aromatic rings. The number of carbonyl (C=O) groups is 1. The molecule has 1 aromatic carbocycles. The van der Waals surface area contributed by atoms with E-state index in [2.05, 4.69) is 0 Å². The fourth-order valence-corrected chi connectivity index (χ4v) is 1.72. The maximum absolute atomic E-state index is 10.8. The Hall–Kier alpha value is -1.19. The predicted molar refractivity (Wildman–Crippen MR) is 47.9 cm³/mol. The van der Waals surface area contributed by atoms with Crippen LogP contribution in [0, 0.1) is 0 Å². The van der Waals surface area contributed by atoms with E-state index in [0.717, 1.165) is 11.1 Å². The lowest BCUT2D eigenvalue weighted by Gasteiger charge is -2.17. The Morgan fingerprint density at radius 3 is 2.92 bits per heavy atom. The zero-order valence-electron chi connectivity index (χ0n) is 7.36. The number of ether oxygens (including phenoxy) is 1. The van der Waals surface area contributed by atoms with Crippen molar-refractivity contribution in [2.24, 2.45) is 5.73 Å². The van der Waals surface area contributed by atoms with Gasteiger partial charge in [-0.3, -0.25) is 10.5 Å². The molecule has 1 aliphatic rings. The van der Waals surface area contributed by atoms with Gasteiger partial charge in [-0.15, -0.1) is 0 Å². The van der Waals surface area contributed by atoms with E-state index in [1.54, 1.807) is 0 Å². The van der Waals surface area contributed by atoms with Crippen molar-refractivity contribution in [3.63, 3.8) is 0 Å². The van der Waals surface area contributed by atoms with E-state index >= 15 is 0 Å². The number of rotatable bonds is 1. The molecule has 0 radical (unpaired) electrons. The Balaban J connectivity index is 2.59. The zero-order valence-corrected chi connectivity index (χ0v) is 7.36. The molecule has 3 heteroatoms. The number of benzene rings is 1. The van der Waals surface area contributed by atoms with Crippen LogP contribution in [0.2, 0.25) is 0 Å². The van der Waals surface area contributed by atoms with Crippen molar-refractivity contribution in [3.8, 4) is 0 Å². The van der Waals surface area contributed by atoms with Crippen molar-refractivity contribution < 1.29 is 9.53 Å². The molecule has 0 fully saturated rings. The lowest BCUT2D eigenvalue weighted by Crippen LogP contribution is -2.37. The Labute approximate surface area is 76.5 Å². The summed E-state index contributed by atoms with van der Waals surface area (Å²) in [5, 5.41) is 0. The first-order chi connectivity index (χ1) is 6.17. The third-order valence-corrected chi connectivity index (χ3v) is 2.37. The largest absolute Gasteiger partial charge is 0.342 e. The Morgan fingerprint density at radius 2 is 2.23 bits per heavy atom. The molecule has 1 aliphatic heterocycles. The molecule has 3 nitrogen and oxygen atoms in total. The zero-order chi connectivity index (χ0) is 9.47. The van der Waals surface area contributed by atoms with E-state index in [1.165, 1.54) is 0 Å². The van der Waals surface area contributed by atoms with Gasteiger partial charge in [-0.1, -0.05) is 24.3 Å². The van der Waals surface area contributed by atoms with Crippen LogP contribution >= 0.6 is 0 Å². The van der Waals surface area contributed by atoms with Gasteiger partial charge in [0.1, 0.15) is 0 Å². The second-order valence-corrected chi connectivity index (χ2v) is 3.26. The summed E-state index contributed by atoms with van der Waals surface area (Å²) in [7, 11) is 0. The quantitative estimate of drug-likeness (QED) is 0.653. The van der Waals surface area contributed by atoms with Crippen molar-refractivity contribution in [2.45, 2.75) is 18.8 Å². The summed E-state index contributed by atoms with van der Waals surface area (Å²) in [6.07, 6.45) is 0.543. The normalized spacial score (nSPS) is 31.4. The molecule has 2 rings (SSSR count). The highest BCUT2D eigenvalue weighted by atomic mass is 16.5. The van der Waals surface area contributed by atoms with E-state index in [0.29, 0.717) is 6.29 Å². The number of carbonyl (C=O) groups excluding carboxylic acids is 1. The molecule has 68 valence electrons. The minimum Gasteiger partial charge on any atom is -0.342 e.